The Balaban J connectivity index is 2.17. The zero-order valence-corrected chi connectivity index (χ0v) is 17.6. The molecule has 2 N–H and O–H groups in total. The fraction of sp³-hybridized carbons (Fsp3) is 0.217. The SMILES string of the molecule is COc1cc2c(C(=O)c3cccc(OC(C)C)c3)ncc(C(=O)O)c2cc1OCC(=O)O. The van der Waals surface area contributed by atoms with Gasteiger partial charge in [-0.15, -0.1) is 0 Å². The Morgan fingerprint density at radius 3 is 2.38 bits per heavy atom. The van der Waals surface area contributed by atoms with Gasteiger partial charge in [0.25, 0.3) is 0 Å². The molecule has 9 nitrogen and oxygen atoms in total. The molecule has 3 rings (SSSR count). The zero-order valence-electron chi connectivity index (χ0n) is 17.6. The van der Waals surface area contributed by atoms with Gasteiger partial charge in [0.15, 0.2) is 18.1 Å². The first kappa shape index (κ1) is 22.5. The first-order valence-corrected chi connectivity index (χ1v) is 9.61. The Labute approximate surface area is 183 Å². The second-order valence-electron chi connectivity index (χ2n) is 7.08. The molecule has 3 aromatic rings. The molecule has 32 heavy (non-hydrogen) atoms. The molecule has 0 saturated heterocycles. The van der Waals surface area contributed by atoms with E-state index in [1.54, 1.807) is 24.3 Å². The predicted octanol–water partition coefficient (Wildman–Crippen LogP) is 3.42. The fourth-order valence-corrected chi connectivity index (χ4v) is 3.13. The number of pyridine rings is 1. The highest BCUT2D eigenvalue weighted by Gasteiger charge is 2.22. The van der Waals surface area contributed by atoms with E-state index < -0.39 is 24.3 Å². The van der Waals surface area contributed by atoms with Crippen molar-refractivity contribution in [1.82, 2.24) is 4.98 Å². The van der Waals surface area contributed by atoms with Crippen LogP contribution in [-0.4, -0.2) is 52.7 Å². The number of benzene rings is 2. The summed E-state index contributed by atoms with van der Waals surface area (Å²) in [4.78, 5) is 40.0. The number of carboxylic acid groups (broad SMARTS) is 2. The summed E-state index contributed by atoms with van der Waals surface area (Å²) in [6.45, 7) is 3.08. The van der Waals surface area contributed by atoms with E-state index in [9.17, 15) is 19.5 Å². The van der Waals surface area contributed by atoms with E-state index in [2.05, 4.69) is 4.98 Å². The lowest BCUT2D eigenvalue weighted by atomic mass is 9.99. The summed E-state index contributed by atoms with van der Waals surface area (Å²) in [5, 5.41) is 18.9. The number of rotatable bonds is 9. The van der Waals surface area contributed by atoms with Crippen molar-refractivity contribution < 1.29 is 38.8 Å². The van der Waals surface area contributed by atoms with E-state index in [1.165, 1.54) is 19.2 Å². The van der Waals surface area contributed by atoms with Gasteiger partial charge in [0, 0.05) is 22.5 Å². The highest BCUT2D eigenvalue weighted by molar-refractivity contribution is 6.18. The number of carbonyl (C=O) groups is 3. The smallest absolute Gasteiger partial charge is 0.341 e. The van der Waals surface area contributed by atoms with Crippen molar-refractivity contribution in [3.05, 3.63) is 59.4 Å². The number of aromatic nitrogens is 1. The Kier molecular flexibility index (Phi) is 6.58. The van der Waals surface area contributed by atoms with Crippen LogP contribution in [0.4, 0.5) is 0 Å². The highest BCUT2D eigenvalue weighted by atomic mass is 16.5. The number of methoxy groups -OCH3 is 1. The lowest BCUT2D eigenvalue weighted by molar-refractivity contribution is -0.139. The number of fused-ring (bicyclic) bond motifs is 1. The number of aromatic carboxylic acids is 1. The summed E-state index contributed by atoms with van der Waals surface area (Å²) in [5.74, 6) is -2.24. The Morgan fingerprint density at radius 1 is 1.03 bits per heavy atom. The molecule has 1 heterocycles. The minimum absolute atomic E-state index is 0.00906. The van der Waals surface area contributed by atoms with Gasteiger partial charge < -0.3 is 24.4 Å². The maximum atomic E-state index is 13.3. The van der Waals surface area contributed by atoms with Crippen LogP contribution >= 0.6 is 0 Å². The molecule has 0 bridgehead atoms. The number of carbonyl (C=O) groups excluding carboxylic acids is 1. The van der Waals surface area contributed by atoms with Crippen LogP contribution < -0.4 is 14.2 Å². The van der Waals surface area contributed by atoms with Crippen LogP contribution in [-0.2, 0) is 4.79 Å². The van der Waals surface area contributed by atoms with Crippen molar-refractivity contribution in [3.8, 4) is 17.2 Å². The third kappa shape index (κ3) is 4.77. The van der Waals surface area contributed by atoms with Gasteiger partial charge in [-0.3, -0.25) is 9.78 Å². The van der Waals surface area contributed by atoms with Crippen molar-refractivity contribution in [3.63, 3.8) is 0 Å². The van der Waals surface area contributed by atoms with Crippen molar-refractivity contribution in [1.29, 1.82) is 0 Å². The van der Waals surface area contributed by atoms with Crippen molar-refractivity contribution >= 4 is 28.5 Å². The molecular weight excluding hydrogens is 418 g/mol. The van der Waals surface area contributed by atoms with E-state index in [0.29, 0.717) is 11.3 Å². The quantitative estimate of drug-likeness (QED) is 0.481. The van der Waals surface area contributed by atoms with Crippen LogP contribution in [0.3, 0.4) is 0 Å². The maximum Gasteiger partial charge on any atom is 0.341 e. The molecular formula is C23H21NO8. The zero-order chi connectivity index (χ0) is 23.4. The molecule has 0 spiro atoms. The summed E-state index contributed by atoms with van der Waals surface area (Å²) in [5.41, 5.74) is 0.149. The first-order valence-electron chi connectivity index (χ1n) is 9.61. The number of hydrogen-bond donors (Lipinski definition) is 2. The van der Waals surface area contributed by atoms with Crippen molar-refractivity contribution in [2.24, 2.45) is 0 Å². The number of aliphatic carboxylic acids is 1. The summed E-state index contributed by atoms with van der Waals surface area (Å²) in [7, 11) is 1.34. The molecule has 0 unspecified atom stereocenters. The Bertz CT molecular complexity index is 1200. The van der Waals surface area contributed by atoms with Gasteiger partial charge in [-0.05, 0) is 38.1 Å². The maximum absolute atomic E-state index is 13.3. The van der Waals surface area contributed by atoms with Crippen LogP contribution in [0.25, 0.3) is 10.8 Å². The average molecular weight is 439 g/mol. The van der Waals surface area contributed by atoms with Crippen LogP contribution in [0.5, 0.6) is 17.2 Å². The molecule has 0 atom stereocenters. The van der Waals surface area contributed by atoms with Crippen LogP contribution in [0.2, 0.25) is 0 Å². The second kappa shape index (κ2) is 9.34. The van der Waals surface area contributed by atoms with Crippen LogP contribution in [0.15, 0.2) is 42.6 Å². The van der Waals surface area contributed by atoms with Gasteiger partial charge in [0.05, 0.1) is 18.8 Å². The molecule has 9 heteroatoms. The average Bonchev–Trinajstić information content (AvgIpc) is 2.75. The molecule has 1 aromatic heterocycles. The second-order valence-corrected chi connectivity index (χ2v) is 7.08. The Morgan fingerprint density at radius 2 is 1.75 bits per heavy atom. The standard InChI is InChI=1S/C23H21NO8/c1-12(2)32-14-6-4-5-13(7-14)22(27)21-16-9-18(30-3)19(31-11-20(25)26)8-15(16)17(10-24-21)23(28)29/h4-10,12H,11H2,1-3H3,(H,25,26)(H,28,29). The summed E-state index contributed by atoms with van der Waals surface area (Å²) < 4.78 is 16.1. The van der Waals surface area contributed by atoms with Gasteiger partial charge >= 0.3 is 11.9 Å². The highest BCUT2D eigenvalue weighted by Crippen LogP contribution is 2.35. The van der Waals surface area contributed by atoms with Crippen LogP contribution in [0.1, 0.15) is 40.3 Å². The van der Waals surface area contributed by atoms with E-state index in [-0.39, 0.29) is 39.6 Å². The number of carboxylic acids is 2. The van der Waals surface area contributed by atoms with Gasteiger partial charge in [-0.25, -0.2) is 9.59 Å². The van der Waals surface area contributed by atoms with Crippen molar-refractivity contribution in [2.45, 2.75) is 20.0 Å². The number of nitrogens with zero attached hydrogens (tertiary/aromatic N) is 1. The molecule has 166 valence electrons. The molecule has 0 aliphatic rings. The molecule has 0 fully saturated rings. The van der Waals surface area contributed by atoms with E-state index in [0.717, 1.165) is 6.20 Å². The van der Waals surface area contributed by atoms with Crippen LogP contribution in [0, 0.1) is 0 Å². The van der Waals surface area contributed by atoms with E-state index in [1.807, 2.05) is 13.8 Å². The lowest BCUT2D eigenvalue weighted by Crippen LogP contribution is -2.12. The summed E-state index contributed by atoms with van der Waals surface area (Å²) in [6, 6.07) is 9.34. The number of ketones is 1. The number of hydrogen-bond acceptors (Lipinski definition) is 7. The molecule has 0 aliphatic heterocycles. The van der Waals surface area contributed by atoms with Gasteiger partial charge in [0.2, 0.25) is 5.78 Å². The molecule has 0 aliphatic carbocycles. The summed E-state index contributed by atoms with van der Waals surface area (Å²) in [6.07, 6.45) is 1.00. The molecule has 2 aromatic carbocycles. The number of ether oxygens (including phenoxy) is 3. The molecule has 0 saturated carbocycles. The predicted molar refractivity (Wildman–Crippen MR) is 114 cm³/mol. The van der Waals surface area contributed by atoms with Gasteiger partial charge in [0.1, 0.15) is 11.4 Å². The lowest BCUT2D eigenvalue weighted by Gasteiger charge is -2.14. The fourth-order valence-electron chi connectivity index (χ4n) is 3.13. The molecule has 0 radical (unpaired) electrons. The topological polar surface area (TPSA) is 132 Å². The van der Waals surface area contributed by atoms with Gasteiger partial charge in [-0.2, -0.15) is 0 Å². The van der Waals surface area contributed by atoms with E-state index >= 15 is 0 Å². The minimum Gasteiger partial charge on any atom is -0.493 e. The third-order valence-electron chi connectivity index (χ3n) is 4.44. The minimum atomic E-state index is -1.26. The monoisotopic (exact) mass is 439 g/mol. The summed E-state index contributed by atoms with van der Waals surface area (Å²) >= 11 is 0. The van der Waals surface area contributed by atoms with Gasteiger partial charge in [-0.1, -0.05) is 12.1 Å². The molecule has 0 amide bonds. The Hall–Kier alpha value is -4.14. The normalized spacial score (nSPS) is 10.8. The largest absolute Gasteiger partial charge is 0.493 e. The van der Waals surface area contributed by atoms with Crippen molar-refractivity contribution in [2.75, 3.05) is 13.7 Å². The van der Waals surface area contributed by atoms with E-state index in [4.69, 9.17) is 19.3 Å². The first-order chi connectivity index (χ1) is 15.2. The third-order valence-corrected chi connectivity index (χ3v) is 4.44.